The maximum Gasteiger partial charge on any atom is 0.244 e. The van der Waals surface area contributed by atoms with E-state index in [-0.39, 0.29) is 30.6 Å². The first-order chi connectivity index (χ1) is 20.0. The van der Waals surface area contributed by atoms with Crippen molar-refractivity contribution in [3.05, 3.63) is 107 Å². The van der Waals surface area contributed by atoms with E-state index >= 15 is 0 Å². The van der Waals surface area contributed by atoms with Crippen LogP contribution in [0.5, 0.6) is 0 Å². The van der Waals surface area contributed by atoms with Crippen molar-refractivity contribution in [1.82, 2.24) is 15.4 Å². The fourth-order valence-electron chi connectivity index (χ4n) is 4.03. The number of ether oxygens (including phenoxy) is 1. The van der Waals surface area contributed by atoms with E-state index in [1.54, 1.807) is 24.3 Å². The van der Waals surface area contributed by atoms with Crippen LogP contribution in [0.15, 0.2) is 84.9 Å². The molecule has 224 valence electrons. The standard InChI is InChI=1S/C32H41N5O4S/c1-32(2,3)41-21-28(37-42(40)22-25-12-8-5-9-13-25)31(39)36-27(19-16-23-10-6-4-7-11-23)30(38)35-20-24-14-17-26(18-15-24)29(33)34/h4-15,17-18,27-28,37H,16,19-22H2,1-3H3,(H3,33,34)(H,35,38)(H,36,39)/t27-,28+,42?/m0/s1. The van der Waals surface area contributed by atoms with Crippen LogP contribution in [-0.2, 0) is 44.4 Å². The van der Waals surface area contributed by atoms with E-state index in [1.165, 1.54) is 0 Å². The third-order valence-electron chi connectivity index (χ3n) is 6.34. The Morgan fingerprint density at radius 1 is 0.881 bits per heavy atom. The molecule has 0 heterocycles. The predicted molar refractivity (Wildman–Crippen MR) is 167 cm³/mol. The quantitative estimate of drug-likeness (QED) is 0.104. The van der Waals surface area contributed by atoms with Crippen LogP contribution >= 0.6 is 0 Å². The van der Waals surface area contributed by atoms with Crippen molar-refractivity contribution in [1.29, 1.82) is 5.41 Å². The molecule has 0 fully saturated rings. The third-order valence-corrected chi connectivity index (χ3v) is 7.49. The minimum atomic E-state index is -1.56. The van der Waals surface area contributed by atoms with Gasteiger partial charge in [-0.3, -0.25) is 15.0 Å². The highest BCUT2D eigenvalue weighted by molar-refractivity contribution is 7.88. The lowest BCUT2D eigenvalue weighted by Crippen LogP contribution is -2.55. The zero-order chi connectivity index (χ0) is 30.5. The Labute approximate surface area is 251 Å². The largest absolute Gasteiger partial charge is 0.598 e. The van der Waals surface area contributed by atoms with Gasteiger partial charge in [0.05, 0.1) is 12.2 Å². The van der Waals surface area contributed by atoms with Crippen LogP contribution in [0.4, 0.5) is 0 Å². The number of nitrogens with one attached hydrogen (secondary N) is 4. The highest BCUT2D eigenvalue weighted by Crippen LogP contribution is 2.11. The zero-order valence-corrected chi connectivity index (χ0v) is 25.2. The third kappa shape index (κ3) is 11.7. The maximum atomic E-state index is 13.5. The Morgan fingerprint density at radius 2 is 1.48 bits per heavy atom. The molecule has 1 unspecified atom stereocenters. The summed E-state index contributed by atoms with van der Waals surface area (Å²) in [6.07, 6.45) is 0.938. The number of benzene rings is 3. The minimum absolute atomic E-state index is 0.0224. The van der Waals surface area contributed by atoms with E-state index in [9.17, 15) is 14.1 Å². The number of amides is 2. The molecule has 3 aromatic carbocycles. The Kier molecular flexibility index (Phi) is 12.6. The van der Waals surface area contributed by atoms with Crippen molar-refractivity contribution < 1.29 is 18.9 Å². The van der Waals surface area contributed by atoms with Gasteiger partial charge in [-0.05, 0) is 44.7 Å². The Hall–Kier alpha value is -3.70. The lowest BCUT2D eigenvalue weighted by atomic mass is 10.0. The average Bonchev–Trinajstić information content (AvgIpc) is 2.96. The molecular formula is C32H41N5O4S. The maximum absolute atomic E-state index is 13.5. The van der Waals surface area contributed by atoms with Crippen molar-refractivity contribution in [3.8, 4) is 0 Å². The monoisotopic (exact) mass is 591 g/mol. The molecule has 0 radical (unpaired) electrons. The summed E-state index contributed by atoms with van der Waals surface area (Å²) in [6.45, 7) is 5.85. The molecule has 0 saturated carbocycles. The lowest BCUT2D eigenvalue weighted by Gasteiger charge is -2.26. The number of carbonyl (C=O) groups excluding carboxylic acids is 2. The molecule has 42 heavy (non-hydrogen) atoms. The van der Waals surface area contributed by atoms with Crippen molar-refractivity contribution in [2.75, 3.05) is 6.61 Å². The van der Waals surface area contributed by atoms with Gasteiger partial charge < -0.3 is 25.7 Å². The van der Waals surface area contributed by atoms with E-state index in [4.69, 9.17) is 15.9 Å². The topological polar surface area (TPSA) is 152 Å². The van der Waals surface area contributed by atoms with Gasteiger partial charge in [0.15, 0.2) is 11.8 Å². The molecule has 0 bridgehead atoms. The summed E-state index contributed by atoms with van der Waals surface area (Å²) in [7, 11) is 0. The molecule has 0 aliphatic carbocycles. The Morgan fingerprint density at radius 3 is 2.05 bits per heavy atom. The summed E-state index contributed by atoms with van der Waals surface area (Å²) in [5.41, 5.74) is 8.34. The van der Waals surface area contributed by atoms with Crippen molar-refractivity contribution >= 4 is 29.0 Å². The summed E-state index contributed by atoms with van der Waals surface area (Å²) in [6, 6.07) is 24.3. The molecule has 0 aliphatic heterocycles. The summed E-state index contributed by atoms with van der Waals surface area (Å²) >= 11 is -1.56. The second-order valence-corrected chi connectivity index (χ2v) is 12.2. The smallest absolute Gasteiger partial charge is 0.244 e. The minimum Gasteiger partial charge on any atom is -0.598 e. The fourth-order valence-corrected chi connectivity index (χ4v) is 5.10. The van der Waals surface area contributed by atoms with Gasteiger partial charge in [-0.15, -0.1) is 4.72 Å². The molecular weight excluding hydrogens is 550 g/mol. The summed E-state index contributed by atoms with van der Waals surface area (Å²) in [5.74, 6) is -0.617. The van der Waals surface area contributed by atoms with E-state index in [2.05, 4.69) is 15.4 Å². The van der Waals surface area contributed by atoms with Crippen molar-refractivity contribution in [2.24, 2.45) is 5.73 Å². The molecule has 2 amide bonds. The average molecular weight is 592 g/mol. The summed E-state index contributed by atoms with van der Waals surface area (Å²) < 4.78 is 21.8. The van der Waals surface area contributed by atoms with E-state index in [1.807, 2.05) is 81.4 Å². The van der Waals surface area contributed by atoms with Crippen LogP contribution in [0, 0.1) is 5.41 Å². The summed E-state index contributed by atoms with van der Waals surface area (Å²) in [4.78, 5) is 26.9. The normalized spacial score (nSPS) is 13.5. The van der Waals surface area contributed by atoms with E-state index < -0.39 is 35.0 Å². The van der Waals surface area contributed by atoms with Gasteiger partial charge in [-0.2, -0.15) is 0 Å². The highest BCUT2D eigenvalue weighted by Gasteiger charge is 2.30. The number of nitrogens with two attached hydrogens (primary N) is 1. The van der Waals surface area contributed by atoms with E-state index in [0.717, 1.165) is 16.7 Å². The SMILES string of the molecule is CC(C)(C)OC[C@@H](N[S+]([O-])Cc1ccccc1)C(=O)N[C@@H](CCc1ccccc1)C(=O)NCc1ccc(C(=N)N)cc1. The van der Waals surface area contributed by atoms with Gasteiger partial charge in [0, 0.05) is 29.0 Å². The first kappa shape index (κ1) is 32.8. The van der Waals surface area contributed by atoms with Gasteiger partial charge in [0.2, 0.25) is 11.8 Å². The molecule has 10 heteroatoms. The fraction of sp³-hybridized carbons (Fsp3) is 0.344. The Balaban J connectivity index is 1.71. The molecule has 9 nitrogen and oxygen atoms in total. The number of nitrogen functional groups attached to an aromatic ring is 1. The predicted octanol–water partition coefficient (Wildman–Crippen LogP) is 3.34. The van der Waals surface area contributed by atoms with Gasteiger partial charge in [-0.1, -0.05) is 84.9 Å². The molecule has 0 spiro atoms. The number of carbonyl (C=O) groups is 2. The first-order valence-corrected chi connectivity index (χ1v) is 15.2. The van der Waals surface area contributed by atoms with Crippen molar-refractivity contribution in [3.63, 3.8) is 0 Å². The number of hydrogen-bond acceptors (Lipinski definition) is 6. The molecule has 3 atom stereocenters. The number of hydrogen-bond donors (Lipinski definition) is 5. The van der Waals surface area contributed by atoms with Gasteiger partial charge in [0.25, 0.3) is 0 Å². The molecule has 6 N–H and O–H groups in total. The second-order valence-electron chi connectivity index (χ2n) is 11.0. The van der Waals surface area contributed by atoms with Crippen LogP contribution in [-0.4, -0.2) is 46.5 Å². The lowest BCUT2D eigenvalue weighted by molar-refractivity contribution is -0.131. The zero-order valence-electron chi connectivity index (χ0n) is 24.4. The molecule has 0 aromatic heterocycles. The molecule has 0 saturated heterocycles. The first-order valence-electron chi connectivity index (χ1n) is 13.9. The Bertz CT molecular complexity index is 1280. The number of rotatable bonds is 15. The number of aryl methyl sites for hydroxylation is 1. The van der Waals surface area contributed by atoms with Gasteiger partial charge in [0.1, 0.15) is 11.9 Å². The van der Waals surface area contributed by atoms with Gasteiger partial charge in [-0.25, -0.2) is 0 Å². The van der Waals surface area contributed by atoms with Gasteiger partial charge >= 0.3 is 0 Å². The van der Waals surface area contributed by atoms with Crippen LogP contribution in [0.1, 0.15) is 49.4 Å². The number of amidine groups is 1. The summed E-state index contributed by atoms with van der Waals surface area (Å²) in [5, 5.41) is 13.3. The molecule has 0 aliphatic rings. The van der Waals surface area contributed by atoms with E-state index in [0.29, 0.717) is 18.4 Å². The van der Waals surface area contributed by atoms with Crippen LogP contribution in [0.3, 0.4) is 0 Å². The highest BCUT2D eigenvalue weighted by atomic mass is 32.2. The van der Waals surface area contributed by atoms with Crippen molar-refractivity contribution in [2.45, 2.75) is 63.6 Å². The molecule has 3 rings (SSSR count). The van der Waals surface area contributed by atoms with Crippen LogP contribution in [0.25, 0.3) is 0 Å². The molecule has 3 aromatic rings. The van der Waals surface area contributed by atoms with Crippen LogP contribution < -0.4 is 21.1 Å². The van der Waals surface area contributed by atoms with Crippen LogP contribution in [0.2, 0.25) is 0 Å². The second kappa shape index (κ2) is 16.1.